The smallest absolute Gasteiger partial charge is 0.420 e. The maximum absolute atomic E-state index is 13.4. The van der Waals surface area contributed by atoms with Crippen LogP contribution in [0.5, 0.6) is 0 Å². The van der Waals surface area contributed by atoms with E-state index in [4.69, 9.17) is 14.2 Å². The van der Waals surface area contributed by atoms with Gasteiger partial charge in [0.25, 0.3) is 0 Å². The van der Waals surface area contributed by atoms with Crippen molar-refractivity contribution in [3.05, 3.63) is 65.1 Å². The predicted octanol–water partition coefficient (Wildman–Crippen LogP) is 5.45. The van der Waals surface area contributed by atoms with Crippen LogP contribution in [0.3, 0.4) is 0 Å². The summed E-state index contributed by atoms with van der Waals surface area (Å²) in [6.07, 6.45) is 2.05. The van der Waals surface area contributed by atoms with Gasteiger partial charge < -0.3 is 14.4 Å². The van der Waals surface area contributed by atoms with Crippen molar-refractivity contribution >= 4 is 17.1 Å². The molecular weight excluding hydrogens is 432 g/mol. The van der Waals surface area contributed by atoms with Crippen LogP contribution in [0.15, 0.2) is 41.1 Å². The average molecular weight is 461 g/mol. The quantitative estimate of drug-likeness (QED) is 0.432. The number of aliphatic hydroxyl groups is 1. The second-order valence-electron chi connectivity index (χ2n) is 9.85. The first-order chi connectivity index (χ1) is 16.1. The van der Waals surface area contributed by atoms with Crippen molar-refractivity contribution in [1.82, 2.24) is 19.7 Å². The number of hydrogen-bond donors (Lipinski definition) is 1. The minimum absolute atomic E-state index is 0.183. The van der Waals surface area contributed by atoms with Crippen LogP contribution < -0.4 is 0 Å². The highest BCUT2D eigenvalue weighted by atomic mass is 16.6. The summed E-state index contributed by atoms with van der Waals surface area (Å²) in [5.74, 6) is 1.50. The normalized spacial score (nSPS) is 15.0. The number of aromatic nitrogens is 4. The molecule has 1 fully saturated rings. The van der Waals surface area contributed by atoms with Crippen molar-refractivity contribution in [2.75, 3.05) is 0 Å². The Morgan fingerprint density at radius 2 is 2.00 bits per heavy atom. The Morgan fingerprint density at radius 3 is 2.59 bits per heavy atom. The molecule has 0 radical (unpaired) electrons. The maximum atomic E-state index is 13.4. The fourth-order valence-corrected chi connectivity index (χ4v) is 4.28. The van der Waals surface area contributed by atoms with Gasteiger partial charge in [-0.05, 0) is 77.3 Å². The number of fused-ring (bicyclic) bond motifs is 1. The van der Waals surface area contributed by atoms with Crippen molar-refractivity contribution in [2.45, 2.75) is 65.1 Å². The zero-order chi connectivity index (χ0) is 24.2. The van der Waals surface area contributed by atoms with Crippen molar-refractivity contribution in [3.8, 4) is 11.1 Å². The Bertz CT molecular complexity index is 1360. The Hall–Kier alpha value is -3.52. The number of imidazole rings is 1. The molecule has 4 aromatic rings. The third-order valence-corrected chi connectivity index (χ3v) is 5.92. The van der Waals surface area contributed by atoms with E-state index in [2.05, 4.69) is 10.1 Å². The maximum Gasteiger partial charge on any atom is 0.420 e. The summed E-state index contributed by atoms with van der Waals surface area (Å²) in [4.78, 5) is 22.6. The summed E-state index contributed by atoms with van der Waals surface area (Å²) in [6, 6.07) is 9.19. The SMILES string of the molecule is Cc1noc(C)c1-c1cc(C(O)c2ccccn2)c2nc(C3CC3)n(C(=O)OC(C)(C)C)c2c1. The first-order valence-corrected chi connectivity index (χ1v) is 11.5. The molecule has 1 unspecified atom stereocenters. The highest BCUT2D eigenvalue weighted by molar-refractivity contribution is 5.93. The zero-order valence-electron chi connectivity index (χ0n) is 20.0. The van der Waals surface area contributed by atoms with E-state index >= 15 is 0 Å². The van der Waals surface area contributed by atoms with Crippen LogP contribution >= 0.6 is 0 Å². The Morgan fingerprint density at radius 1 is 1.24 bits per heavy atom. The monoisotopic (exact) mass is 460 g/mol. The van der Waals surface area contributed by atoms with E-state index < -0.39 is 17.8 Å². The van der Waals surface area contributed by atoms with Crippen molar-refractivity contribution in [3.63, 3.8) is 0 Å². The number of benzene rings is 1. The van der Waals surface area contributed by atoms with Gasteiger partial charge in [-0.25, -0.2) is 14.3 Å². The molecule has 1 aromatic carbocycles. The summed E-state index contributed by atoms with van der Waals surface area (Å²) in [5.41, 5.74) is 3.86. The highest BCUT2D eigenvalue weighted by Gasteiger charge is 2.35. The standard InChI is InChI=1S/C26H28N4O4/c1-14-21(15(2)34-29-14)17-12-18(23(31)19-8-6-7-11-27-19)22-20(13-17)30(24(28-22)16-9-10-16)25(32)33-26(3,4)5/h6-8,11-13,16,23,31H,9-10H2,1-5H3. The van der Waals surface area contributed by atoms with Gasteiger partial charge in [-0.2, -0.15) is 0 Å². The Labute approximate surface area is 197 Å². The van der Waals surface area contributed by atoms with E-state index in [1.807, 2.05) is 52.8 Å². The van der Waals surface area contributed by atoms with E-state index in [1.165, 1.54) is 0 Å². The number of hydrogen-bond acceptors (Lipinski definition) is 7. The van der Waals surface area contributed by atoms with Crippen molar-refractivity contribution in [1.29, 1.82) is 0 Å². The van der Waals surface area contributed by atoms with Crippen LogP contribution in [0, 0.1) is 13.8 Å². The number of carbonyl (C=O) groups excluding carboxylic acids is 1. The molecule has 176 valence electrons. The molecule has 0 saturated heterocycles. The summed E-state index contributed by atoms with van der Waals surface area (Å²) in [6.45, 7) is 9.23. The molecule has 0 bridgehead atoms. The lowest BCUT2D eigenvalue weighted by Gasteiger charge is -2.20. The third kappa shape index (κ3) is 3.98. The van der Waals surface area contributed by atoms with E-state index in [9.17, 15) is 9.90 Å². The fraction of sp³-hybridized carbons (Fsp3) is 0.385. The lowest BCUT2D eigenvalue weighted by atomic mass is 9.96. The van der Waals surface area contributed by atoms with Crippen LogP contribution in [-0.2, 0) is 4.74 Å². The van der Waals surface area contributed by atoms with E-state index in [0.717, 1.165) is 29.7 Å². The largest absolute Gasteiger partial charge is 0.443 e. The van der Waals surface area contributed by atoms with Gasteiger partial charge in [0.2, 0.25) is 0 Å². The molecule has 34 heavy (non-hydrogen) atoms. The van der Waals surface area contributed by atoms with Crippen LogP contribution in [0.1, 0.15) is 74.2 Å². The van der Waals surface area contributed by atoms with Crippen LogP contribution in [0.4, 0.5) is 4.79 Å². The average Bonchev–Trinajstić information content (AvgIpc) is 3.48. The molecule has 3 aromatic heterocycles. The van der Waals surface area contributed by atoms with E-state index in [0.29, 0.717) is 33.9 Å². The lowest BCUT2D eigenvalue weighted by Crippen LogP contribution is -2.28. The number of ether oxygens (including phenoxy) is 1. The molecule has 5 rings (SSSR count). The number of pyridine rings is 1. The molecule has 0 spiro atoms. The zero-order valence-corrected chi connectivity index (χ0v) is 20.0. The van der Waals surface area contributed by atoms with E-state index in [1.54, 1.807) is 22.9 Å². The van der Waals surface area contributed by atoms with Crippen LogP contribution in [0.25, 0.3) is 22.2 Å². The second kappa shape index (κ2) is 8.06. The molecule has 0 amide bonds. The number of carbonyl (C=O) groups is 1. The van der Waals surface area contributed by atoms with Gasteiger partial charge in [-0.15, -0.1) is 0 Å². The minimum Gasteiger partial charge on any atom is -0.443 e. The van der Waals surface area contributed by atoms with Crippen molar-refractivity contribution < 1.29 is 19.2 Å². The molecule has 0 aliphatic heterocycles. The molecule has 1 N–H and O–H groups in total. The molecule has 1 aliphatic rings. The number of aliphatic hydroxyl groups excluding tert-OH is 1. The summed E-state index contributed by atoms with van der Waals surface area (Å²) in [5, 5.41) is 15.5. The summed E-state index contributed by atoms with van der Waals surface area (Å²) in [7, 11) is 0. The third-order valence-electron chi connectivity index (χ3n) is 5.92. The van der Waals surface area contributed by atoms with Gasteiger partial charge in [0.1, 0.15) is 23.3 Å². The molecule has 1 saturated carbocycles. The fourth-order valence-electron chi connectivity index (χ4n) is 4.28. The molecule has 8 heteroatoms. The molecule has 3 heterocycles. The van der Waals surface area contributed by atoms with Gasteiger partial charge in [0.05, 0.1) is 22.4 Å². The van der Waals surface area contributed by atoms with Gasteiger partial charge >= 0.3 is 6.09 Å². The minimum atomic E-state index is -1.03. The van der Waals surface area contributed by atoms with Gasteiger partial charge in [-0.3, -0.25) is 4.98 Å². The molecule has 8 nitrogen and oxygen atoms in total. The molecule has 1 atom stereocenters. The first-order valence-electron chi connectivity index (χ1n) is 11.5. The predicted molar refractivity (Wildman–Crippen MR) is 127 cm³/mol. The highest BCUT2D eigenvalue weighted by Crippen LogP contribution is 2.43. The number of rotatable bonds is 4. The number of nitrogens with zero attached hydrogens (tertiary/aromatic N) is 4. The molecular formula is C26H28N4O4. The Kier molecular flexibility index (Phi) is 5.28. The topological polar surface area (TPSA) is 103 Å². The Balaban J connectivity index is 1.80. The number of aryl methyl sites for hydroxylation is 2. The lowest BCUT2D eigenvalue weighted by molar-refractivity contribution is 0.0539. The van der Waals surface area contributed by atoms with Crippen LogP contribution in [-0.4, -0.2) is 36.5 Å². The molecule has 1 aliphatic carbocycles. The van der Waals surface area contributed by atoms with Crippen LogP contribution in [0.2, 0.25) is 0 Å². The summed E-state index contributed by atoms with van der Waals surface area (Å²) < 4.78 is 12.7. The summed E-state index contributed by atoms with van der Waals surface area (Å²) >= 11 is 0. The van der Waals surface area contributed by atoms with Gasteiger partial charge in [0, 0.05) is 23.2 Å². The van der Waals surface area contributed by atoms with Crippen molar-refractivity contribution in [2.24, 2.45) is 0 Å². The van der Waals surface area contributed by atoms with Gasteiger partial charge in [0.15, 0.2) is 0 Å². The second-order valence-corrected chi connectivity index (χ2v) is 9.85. The van der Waals surface area contributed by atoms with Gasteiger partial charge in [-0.1, -0.05) is 11.2 Å². The first kappa shape index (κ1) is 22.3. The van der Waals surface area contributed by atoms with E-state index in [-0.39, 0.29) is 5.92 Å².